The molecule has 2 unspecified atom stereocenters. The molecule has 1 aliphatic rings. The van der Waals surface area contributed by atoms with E-state index in [0.717, 1.165) is 34.7 Å². The van der Waals surface area contributed by atoms with Crippen LogP contribution in [0.25, 0.3) is 10.2 Å². The number of likely N-dealkylation sites (N-methyl/N-ethyl adjacent to an activating group) is 1. The first-order valence-electron chi connectivity index (χ1n) is 8.07. The highest BCUT2D eigenvalue weighted by atomic mass is 32.1. The second-order valence-corrected chi connectivity index (χ2v) is 7.27. The number of hydrogen-bond acceptors (Lipinski definition) is 5. The van der Waals surface area contributed by atoms with Crippen molar-refractivity contribution in [3.8, 4) is 0 Å². The summed E-state index contributed by atoms with van der Waals surface area (Å²) >= 11 is 1.53. The molecule has 6 heteroatoms. The monoisotopic (exact) mass is 333 g/mol. The molecule has 0 aliphatic carbocycles. The molecular weight excluding hydrogens is 310 g/mol. The van der Waals surface area contributed by atoms with Crippen LogP contribution in [0.4, 0.5) is 5.13 Å². The number of benzene rings is 1. The van der Waals surface area contributed by atoms with Gasteiger partial charge in [-0.25, -0.2) is 4.98 Å². The van der Waals surface area contributed by atoms with Crippen molar-refractivity contribution in [3.63, 3.8) is 0 Å². The fourth-order valence-electron chi connectivity index (χ4n) is 3.22. The van der Waals surface area contributed by atoms with E-state index in [-0.39, 0.29) is 18.6 Å². The van der Waals surface area contributed by atoms with Gasteiger partial charge in [-0.15, -0.1) is 0 Å². The number of fused-ring (bicyclic) bond motifs is 1. The zero-order valence-corrected chi connectivity index (χ0v) is 14.4. The highest BCUT2D eigenvalue weighted by molar-refractivity contribution is 7.22. The molecule has 2 atom stereocenters. The van der Waals surface area contributed by atoms with Gasteiger partial charge in [0.2, 0.25) is 5.91 Å². The van der Waals surface area contributed by atoms with E-state index in [1.54, 1.807) is 11.9 Å². The smallest absolute Gasteiger partial charge is 0.242 e. The van der Waals surface area contributed by atoms with Crippen LogP contribution in [-0.4, -0.2) is 53.7 Å². The maximum atomic E-state index is 12.6. The van der Waals surface area contributed by atoms with Gasteiger partial charge in [0.1, 0.15) is 0 Å². The van der Waals surface area contributed by atoms with Crippen molar-refractivity contribution in [2.24, 2.45) is 5.92 Å². The van der Waals surface area contributed by atoms with Crippen LogP contribution in [0.5, 0.6) is 0 Å². The van der Waals surface area contributed by atoms with Crippen LogP contribution in [0.3, 0.4) is 0 Å². The number of hydrogen-bond donors (Lipinski definition) is 1. The number of likely N-dealkylation sites (tertiary alicyclic amines) is 1. The van der Waals surface area contributed by atoms with Crippen LogP contribution in [0.2, 0.25) is 0 Å². The summed E-state index contributed by atoms with van der Waals surface area (Å²) in [5.41, 5.74) is 0.923. The summed E-state index contributed by atoms with van der Waals surface area (Å²) in [6.07, 6.45) is 2.19. The summed E-state index contributed by atoms with van der Waals surface area (Å²) in [7, 11) is 1.78. The standard InChI is InChI=1S/C17H23N3O2S/c1-12-6-5-9-20(14(12)11-21)10-16(22)19(2)17-18-13-7-3-4-8-15(13)23-17/h3-4,7-8,12,14,21H,5-6,9-11H2,1-2H3. The maximum Gasteiger partial charge on any atom is 0.242 e. The zero-order chi connectivity index (χ0) is 16.4. The van der Waals surface area contributed by atoms with E-state index in [0.29, 0.717) is 12.5 Å². The van der Waals surface area contributed by atoms with E-state index in [4.69, 9.17) is 0 Å². The minimum absolute atomic E-state index is 0.0246. The number of aliphatic hydroxyl groups excluding tert-OH is 1. The van der Waals surface area contributed by atoms with Crippen molar-refractivity contribution in [2.75, 3.05) is 31.6 Å². The average molecular weight is 333 g/mol. The molecular formula is C17H23N3O2S. The maximum absolute atomic E-state index is 12.6. The molecule has 3 rings (SSSR count). The first-order valence-corrected chi connectivity index (χ1v) is 8.89. The average Bonchev–Trinajstić information content (AvgIpc) is 2.98. The molecule has 0 bridgehead atoms. The molecule has 5 nitrogen and oxygen atoms in total. The molecule has 1 aliphatic heterocycles. The van der Waals surface area contributed by atoms with Gasteiger partial charge in [-0.3, -0.25) is 14.6 Å². The molecule has 2 heterocycles. The first-order chi connectivity index (χ1) is 11.1. The summed E-state index contributed by atoms with van der Waals surface area (Å²) in [6.45, 7) is 3.46. The minimum atomic E-state index is 0.0246. The van der Waals surface area contributed by atoms with E-state index in [1.165, 1.54) is 11.3 Å². The number of anilines is 1. The number of aliphatic hydroxyl groups is 1. The van der Waals surface area contributed by atoms with Gasteiger partial charge < -0.3 is 5.11 Å². The van der Waals surface area contributed by atoms with Crippen LogP contribution in [-0.2, 0) is 4.79 Å². The second-order valence-electron chi connectivity index (χ2n) is 6.26. The quantitative estimate of drug-likeness (QED) is 0.933. The van der Waals surface area contributed by atoms with Crippen molar-refractivity contribution in [2.45, 2.75) is 25.8 Å². The summed E-state index contributed by atoms with van der Waals surface area (Å²) in [6, 6.07) is 7.99. The van der Waals surface area contributed by atoms with Crippen LogP contribution in [0.1, 0.15) is 19.8 Å². The third-order valence-corrected chi connectivity index (χ3v) is 5.81. The number of thiazole rings is 1. The topological polar surface area (TPSA) is 56.7 Å². The number of piperidine rings is 1. The Bertz CT molecular complexity index is 654. The summed E-state index contributed by atoms with van der Waals surface area (Å²) < 4.78 is 1.09. The van der Waals surface area contributed by atoms with Crippen molar-refractivity contribution in [3.05, 3.63) is 24.3 Å². The molecule has 0 saturated carbocycles. The van der Waals surface area contributed by atoms with Crippen LogP contribution < -0.4 is 4.90 Å². The Kier molecular flexibility index (Phi) is 4.94. The molecule has 1 aromatic carbocycles. The van der Waals surface area contributed by atoms with Gasteiger partial charge >= 0.3 is 0 Å². The molecule has 1 saturated heterocycles. The van der Waals surface area contributed by atoms with Gasteiger partial charge in [0.15, 0.2) is 5.13 Å². The van der Waals surface area contributed by atoms with E-state index < -0.39 is 0 Å². The normalized spacial score (nSPS) is 22.4. The first kappa shape index (κ1) is 16.4. The van der Waals surface area contributed by atoms with E-state index in [2.05, 4.69) is 16.8 Å². The molecule has 0 radical (unpaired) electrons. The molecule has 1 fully saturated rings. The molecule has 0 spiro atoms. The van der Waals surface area contributed by atoms with Gasteiger partial charge in [0.05, 0.1) is 23.4 Å². The number of carbonyl (C=O) groups is 1. The van der Waals surface area contributed by atoms with E-state index >= 15 is 0 Å². The summed E-state index contributed by atoms with van der Waals surface area (Å²) in [5.74, 6) is 0.450. The molecule has 124 valence electrons. The number of aromatic nitrogens is 1. The number of para-hydroxylation sites is 1. The highest BCUT2D eigenvalue weighted by Gasteiger charge is 2.30. The Hall–Kier alpha value is -1.50. The minimum Gasteiger partial charge on any atom is -0.395 e. The van der Waals surface area contributed by atoms with E-state index in [9.17, 15) is 9.90 Å². The lowest BCUT2D eigenvalue weighted by atomic mass is 9.91. The summed E-state index contributed by atoms with van der Waals surface area (Å²) in [4.78, 5) is 20.9. The van der Waals surface area contributed by atoms with Crippen molar-refractivity contribution >= 4 is 32.6 Å². The van der Waals surface area contributed by atoms with Crippen LogP contribution >= 0.6 is 11.3 Å². The molecule has 1 N–H and O–H groups in total. The molecule has 1 amide bonds. The lowest BCUT2D eigenvalue weighted by molar-refractivity contribution is -0.121. The summed E-state index contributed by atoms with van der Waals surface area (Å²) in [5, 5.41) is 10.3. The molecule has 1 aromatic heterocycles. The van der Waals surface area contributed by atoms with Crippen molar-refractivity contribution < 1.29 is 9.90 Å². The molecule has 2 aromatic rings. The number of carbonyl (C=O) groups excluding carboxylic acids is 1. The Balaban J connectivity index is 1.71. The van der Waals surface area contributed by atoms with Crippen LogP contribution in [0.15, 0.2) is 24.3 Å². The lowest BCUT2D eigenvalue weighted by Crippen LogP contribution is -2.50. The fraction of sp³-hybridized carbons (Fsp3) is 0.529. The number of nitrogens with zero attached hydrogens (tertiary/aromatic N) is 3. The van der Waals surface area contributed by atoms with Crippen molar-refractivity contribution in [1.82, 2.24) is 9.88 Å². The molecule has 23 heavy (non-hydrogen) atoms. The largest absolute Gasteiger partial charge is 0.395 e. The Labute approximate surface area is 140 Å². The SMILES string of the molecule is CC1CCCN(CC(=O)N(C)c2nc3ccccc3s2)C1CO. The highest BCUT2D eigenvalue weighted by Crippen LogP contribution is 2.28. The number of amides is 1. The van der Waals surface area contributed by atoms with Gasteiger partial charge in [0.25, 0.3) is 0 Å². The van der Waals surface area contributed by atoms with Gasteiger partial charge in [-0.1, -0.05) is 30.4 Å². The predicted molar refractivity (Wildman–Crippen MR) is 93.9 cm³/mol. The number of rotatable bonds is 4. The Morgan fingerprint density at radius 1 is 1.48 bits per heavy atom. The fourth-order valence-corrected chi connectivity index (χ4v) is 4.16. The zero-order valence-electron chi connectivity index (χ0n) is 13.6. The third-order valence-electron chi connectivity index (χ3n) is 4.70. The van der Waals surface area contributed by atoms with Crippen molar-refractivity contribution in [1.29, 1.82) is 0 Å². The predicted octanol–water partition coefficient (Wildman–Crippen LogP) is 2.35. The Morgan fingerprint density at radius 2 is 2.26 bits per heavy atom. The Morgan fingerprint density at radius 3 is 3.00 bits per heavy atom. The van der Waals surface area contributed by atoms with Gasteiger partial charge in [-0.05, 0) is 37.4 Å². The third kappa shape index (κ3) is 3.39. The van der Waals surface area contributed by atoms with Gasteiger partial charge in [0, 0.05) is 13.1 Å². The van der Waals surface area contributed by atoms with E-state index in [1.807, 2.05) is 24.3 Å². The van der Waals surface area contributed by atoms with Gasteiger partial charge in [-0.2, -0.15) is 0 Å². The second kappa shape index (κ2) is 6.95. The van der Waals surface area contributed by atoms with Crippen LogP contribution in [0, 0.1) is 5.92 Å². The lowest BCUT2D eigenvalue weighted by Gasteiger charge is -2.38.